The lowest BCUT2D eigenvalue weighted by Gasteiger charge is -2.25. The highest BCUT2D eigenvalue weighted by molar-refractivity contribution is 5.90. The first-order valence-electron chi connectivity index (χ1n) is 8.08. The molecule has 0 radical (unpaired) electrons. The smallest absolute Gasteiger partial charge is 0.228 e. The molecule has 6 heteroatoms. The van der Waals surface area contributed by atoms with E-state index in [9.17, 15) is 4.79 Å². The standard InChI is InChI=1S/C18H20N4O2/c1-13-11-17(22(21-13)9-4-8-19)20-18(23)12-16-15-6-3-2-5-14(15)7-10-24-16/h2-3,5-6,11,16H,4,7,9-10,12H2,1H3,(H,20,23)/t16-/m1/s1. The van der Waals surface area contributed by atoms with Gasteiger partial charge in [0.15, 0.2) is 0 Å². The molecule has 0 unspecified atom stereocenters. The molecule has 1 atom stereocenters. The molecule has 24 heavy (non-hydrogen) atoms. The minimum atomic E-state index is -0.216. The van der Waals surface area contributed by atoms with Crippen LogP contribution in [0.25, 0.3) is 0 Å². The summed E-state index contributed by atoms with van der Waals surface area (Å²) >= 11 is 0. The van der Waals surface area contributed by atoms with Crippen LogP contribution in [0.3, 0.4) is 0 Å². The number of nitriles is 1. The summed E-state index contributed by atoms with van der Waals surface area (Å²) in [5.74, 6) is 0.506. The highest BCUT2D eigenvalue weighted by Crippen LogP contribution is 2.29. The Kier molecular flexibility index (Phi) is 4.92. The van der Waals surface area contributed by atoms with Crippen LogP contribution in [0, 0.1) is 18.3 Å². The number of amides is 1. The fraction of sp³-hybridized carbons (Fsp3) is 0.389. The number of aromatic nitrogens is 2. The number of carbonyl (C=O) groups is 1. The zero-order valence-electron chi connectivity index (χ0n) is 13.7. The van der Waals surface area contributed by atoms with Crippen LogP contribution >= 0.6 is 0 Å². The summed E-state index contributed by atoms with van der Waals surface area (Å²) in [5, 5.41) is 15.9. The van der Waals surface area contributed by atoms with Gasteiger partial charge in [-0.25, -0.2) is 4.68 Å². The Labute approximate surface area is 141 Å². The number of carbonyl (C=O) groups excluding carboxylic acids is 1. The molecule has 0 fully saturated rings. The van der Waals surface area contributed by atoms with Crippen molar-refractivity contribution in [3.63, 3.8) is 0 Å². The number of ether oxygens (including phenoxy) is 1. The second-order valence-electron chi connectivity index (χ2n) is 5.86. The third-order valence-corrected chi connectivity index (χ3v) is 4.07. The molecule has 124 valence electrons. The van der Waals surface area contributed by atoms with E-state index in [1.165, 1.54) is 5.56 Å². The molecule has 6 nitrogen and oxygen atoms in total. The average molecular weight is 324 g/mol. The van der Waals surface area contributed by atoms with E-state index in [1.807, 2.05) is 31.2 Å². The van der Waals surface area contributed by atoms with Gasteiger partial charge in [-0.1, -0.05) is 24.3 Å². The lowest BCUT2D eigenvalue weighted by Crippen LogP contribution is -2.23. The van der Waals surface area contributed by atoms with E-state index in [4.69, 9.17) is 10.00 Å². The number of rotatable bonds is 5. The van der Waals surface area contributed by atoms with Crippen molar-refractivity contribution in [2.24, 2.45) is 0 Å². The van der Waals surface area contributed by atoms with E-state index in [2.05, 4.69) is 22.6 Å². The minimum absolute atomic E-state index is 0.116. The van der Waals surface area contributed by atoms with Crippen molar-refractivity contribution in [1.82, 2.24) is 9.78 Å². The van der Waals surface area contributed by atoms with E-state index in [-0.39, 0.29) is 18.4 Å². The first-order chi connectivity index (χ1) is 11.7. The number of nitrogens with zero attached hydrogens (tertiary/aromatic N) is 3. The van der Waals surface area contributed by atoms with Crippen LogP contribution in [0.1, 0.15) is 35.8 Å². The molecule has 1 aliphatic heterocycles. The number of aryl methyl sites for hydroxylation is 2. The molecular formula is C18H20N4O2. The van der Waals surface area contributed by atoms with Gasteiger partial charge in [0.2, 0.25) is 5.91 Å². The molecule has 0 aliphatic carbocycles. The summed E-state index contributed by atoms with van der Waals surface area (Å²) < 4.78 is 7.45. The van der Waals surface area contributed by atoms with E-state index in [0.717, 1.165) is 17.7 Å². The largest absolute Gasteiger partial charge is 0.373 e. The van der Waals surface area contributed by atoms with Crippen LogP contribution in [-0.2, 0) is 22.5 Å². The maximum absolute atomic E-state index is 12.4. The highest BCUT2D eigenvalue weighted by atomic mass is 16.5. The minimum Gasteiger partial charge on any atom is -0.373 e. The van der Waals surface area contributed by atoms with Crippen LogP contribution in [0.15, 0.2) is 30.3 Å². The Morgan fingerprint density at radius 1 is 1.50 bits per heavy atom. The number of hydrogen-bond acceptors (Lipinski definition) is 4. The Hall–Kier alpha value is -2.65. The normalized spacial score (nSPS) is 16.2. The van der Waals surface area contributed by atoms with Gasteiger partial charge in [0.25, 0.3) is 0 Å². The summed E-state index contributed by atoms with van der Waals surface area (Å²) in [7, 11) is 0. The molecule has 1 amide bonds. The predicted octanol–water partition coefficient (Wildman–Crippen LogP) is 2.75. The third-order valence-electron chi connectivity index (χ3n) is 4.07. The van der Waals surface area contributed by atoms with Gasteiger partial charge >= 0.3 is 0 Å². The van der Waals surface area contributed by atoms with Crippen molar-refractivity contribution in [2.75, 3.05) is 11.9 Å². The van der Waals surface area contributed by atoms with Crippen molar-refractivity contribution < 1.29 is 9.53 Å². The van der Waals surface area contributed by atoms with Crippen molar-refractivity contribution in [1.29, 1.82) is 5.26 Å². The number of nitrogens with one attached hydrogen (secondary N) is 1. The van der Waals surface area contributed by atoms with Crippen molar-refractivity contribution in [3.05, 3.63) is 47.2 Å². The number of fused-ring (bicyclic) bond motifs is 1. The topological polar surface area (TPSA) is 79.9 Å². The summed E-state index contributed by atoms with van der Waals surface area (Å²) in [6, 6.07) is 12.0. The average Bonchev–Trinajstić information content (AvgIpc) is 2.92. The molecule has 0 spiro atoms. The molecule has 1 aromatic heterocycles. The van der Waals surface area contributed by atoms with Crippen LogP contribution < -0.4 is 5.32 Å². The molecule has 2 heterocycles. The summed E-state index contributed by atoms with van der Waals surface area (Å²) in [5.41, 5.74) is 3.15. The summed E-state index contributed by atoms with van der Waals surface area (Å²) in [4.78, 5) is 12.4. The van der Waals surface area contributed by atoms with Crippen LogP contribution in [0.5, 0.6) is 0 Å². The zero-order chi connectivity index (χ0) is 16.9. The van der Waals surface area contributed by atoms with Crippen molar-refractivity contribution >= 4 is 11.7 Å². The molecule has 2 aromatic rings. The molecular weight excluding hydrogens is 304 g/mol. The SMILES string of the molecule is Cc1cc(NC(=O)C[C@H]2OCCc3ccccc32)n(CCC#N)n1. The molecule has 0 saturated carbocycles. The van der Waals surface area contributed by atoms with Gasteiger partial charge in [-0.2, -0.15) is 10.4 Å². The maximum atomic E-state index is 12.4. The molecule has 1 aromatic carbocycles. The van der Waals surface area contributed by atoms with Gasteiger partial charge in [0.1, 0.15) is 5.82 Å². The lowest BCUT2D eigenvalue weighted by atomic mass is 9.96. The summed E-state index contributed by atoms with van der Waals surface area (Å²) in [6.07, 6.45) is 1.28. The second kappa shape index (κ2) is 7.28. The zero-order valence-corrected chi connectivity index (χ0v) is 13.7. The predicted molar refractivity (Wildman–Crippen MR) is 89.3 cm³/mol. The Morgan fingerprint density at radius 2 is 2.33 bits per heavy atom. The fourth-order valence-corrected chi connectivity index (χ4v) is 2.98. The first kappa shape index (κ1) is 16.2. The van der Waals surface area contributed by atoms with Crippen molar-refractivity contribution in [3.8, 4) is 6.07 Å². The Balaban J connectivity index is 1.68. The van der Waals surface area contributed by atoms with Crippen LogP contribution in [-0.4, -0.2) is 22.3 Å². The van der Waals surface area contributed by atoms with Gasteiger partial charge in [-0.05, 0) is 24.5 Å². The van der Waals surface area contributed by atoms with Gasteiger partial charge in [0, 0.05) is 6.07 Å². The van der Waals surface area contributed by atoms with Crippen molar-refractivity contribution in [2.45, 2.75) is 38.8 Å². The van der Waals surface area contributed by atoms with E-state index < -0.39 is 0 Å². The summed E-state index contributed by atoms with van der Waals surface area (Å²) in [6.45, 7) is 2.95. The monoisotopic (exact) mass is 324 g/mol. The number of hydrogen-bond donors (Lipinski definition) is 1. The van der Waals surface area contributed by atoms with Gasteiger partial charge in [0.05, 0.1) is 43.9 Å². The highest BCUT2D eigenvalue weighted by Gasteiger charge is 2.23. The lowest BCUT2D eigenvalue weighted by molar-refractivity contribution is -0.119. The Morgan fingerprint density at radius 3 is 3.17 bits per heavy atom. The Bertz CT molecular complexity index is 776. The molecule has 0 saturated heterocycles. The second-order valence-corrected chi connectivity index (χ2v) is 5.86. The quantitative estimate of drug-likeness (QED) is 0.917. The molecule has 1 aliphatic rings. The third kappa shape index (κ3) is 3.63. The van der Waals surface area contributed by atoms with Crippen LogP contribution in [0.2, 0.25) is 0 Å². The van der Waals surface area contributed by atoms with E-state index >= 15 is 0 Å². The fourth-order valence-electron chi connectivity index (χ4n) is 2.98. The van der Waals surface area contributed by atoms with Crippen LogP contribution in [0.4, 0.5) is 5.82 Å². The number of anilines is 1. The first-order valence-corrected chi connectivity index (χ1v) is 8.08. The van der Waals surface area contributed by atoms with Gasteiger partial charge in [-0.3, -0.25) is 4.79 Å². The number of benzene rings is 1. The molecule has 0 bridgehead atoms. The van der Waals surface area contributed by atoms with E-state index in [1.54, 1.807) is 4.68 Å². The molecule has 1 N–H and O–H groups in total. The van der Waals surface area contributed by atoms with E-state index in [0.29, 0.717) is 25.4 Å². The van der Waals surface area contributed by atoms with Gasteiger partial charge in [-0.15, -0.1) is 0 Å². The maximum Gasteiger partial charge on any atom is 0.228 e. The van der Waals surface area contributed by atoms with Gasteiger partial charge < -0.3 is 10.1 Å². The molecule has 3 rings (SSSR count).